The van der Waals surface area contributed by atoms with Crippen molar-refractivity contribution in [3.63, 3.8) is 0 Å². The number of nitrogens with zero attached hydrogens (tertiary/aromatic N) is 2. The summed E-state index contributed by atoms with van der Waals surface area (Å²) in [7, 11) is 0. The van der Waals surface area contributed by atoms with E-state index in [1.165, 1.54) is 32.2 Å². The molecule has 4 nitrogen and oxygen atoms in total. The molecule has 2 rings (SSSR count). The van der Waals surface area contributed by atoms with Crippen molar-refractivity contribution in [3.05, 3.63) is 0 Å². The molecule has 0 radical (unpaired) electrons. The molecule has 1 unspecified atom stereocenters. The lowest BCUT2D eigenvalue weighted by molar-refractivity contribution is 0.235. The van der Waals surface area contributed by atoms with Gasteiger partial charge in [-0.3, -0.25) is 4.90 Å². The van der Waals surface area contributed by atoms with E-state index >= 15 is 0 Å². The second-order valence-corrected chi connectivity index (χ2v) is 5.05. The van der Waals surface area contributed by atoms with Crippen LogP contribution >= 0.6 is 0 Å². The maximum absolute atomic E-state index is 8.61. The zero-order chi connectivity index (χ0) is 10.8. The van der Waals surface area contributed by atoms with Gasteiger partial charge in [0.1, 0.15) is 5.84 Å². The number of oxime groups is 1. The van der Waals surface area contributed by atoms with E-state index in [9.17, 15) is 0 Å². The minimum Gasteiger partial charge on any atom is -0.409 e. The van der Waals surface area contributed by atoms with Gasteiger partial charge in [0.05, 0.1) is 0 Å². The van der Waals surface area contributed by atoms with Crippen LogP contribution in [0, 0.1) is 11.8 Å². The maximum Gasteiger partial charge on any atom is 0.143 e. The summed E-state index contributed by atoms with van der Waals surface area (Å²) in [6.07, 6.45) is 5.44. The molecular weight excluding hydrogens is 190 g/mol. The Bertz CT molecular complexity index is 246. The molecular formula is C11H21N3O. The van der Waals surface area contributed by atoms with Crippen LogP contribution in [-0.2, 0) is 0 Å². The lowest BCUT2D eigenvalue weighted by Gasteiger charge is -2.24. The molecule has 0 spiro atoms. The second kappa shape index (κ2) is 4.39. The summed E-state index contributed by atoms with van der Waals surface area (Å²) in [6, 6.07) is 0.777. The first kappa shape index (κ1) is 10.7. The summed E-state index contributed by atoms with van der Waals surface area (Å²) in [5.74, 6) is 1.44. The third kappa shape index (κ3) is 3.09. The van der Waals surface area contributed by atoms with Crippen molar-refractivity contribution in [3.8, 4) is 0 Å². The zero-order valence-corrected chi connectivity index (χ0v) is 9.39. The van der Waals surface area contributed by atoms with E-state index in [0.717, 1.165) is 18.5 Å². The fourth-order valence-electron chi connectivity index (χ4n) is 1.99. The smallest absolute Gasteiger partial charge is 0.143 e. The predicted octanol–water partition coefficient (Wildman–Crippen LogP) is 1.24. The molecule has 3 N–H and O–H groups in total. The first-order valence-electron chi connectivity index (χ1n) is 5.92. The molecule has 0 bridgehead atoms. The molecule has 0 aromatic carbocycles. The summed E-state index contributed by atoms with van der Waals surface area (Å²) in [4.78, 5) is 2.53. The summed E-state index contributed by atoms with van der Waals surface area (Å²) in [5, 5.41) is 11.7. The van der Waals surface area contributed by atoms with E-state index < -0.39 is 0 Å². The quantitative estimate of drug-likeness (QED) is 0.301. The highest BCUT2D eigenvalue weighted by atomic mass is 16.4. The van der Waals surface area contributed by atoms with Crippen LogP contribution in [0.25, 0.3) is 0 Å². The molecule has 2 aliphatic carbocycles. The van der Waals surface area contributed by atoms with Gasteiger partial charge in [0.2, 0.25) is 0 Å². The minimum absolute atomic E-state index is 0.161. The van der Waals surface area contributed by atoms with Crippen molar-refractivity contribution in [1.82, 2.24) is 4.90 Å². The van der Waals surface area contributed by atoms with Crippen molar-refractivity contribution in [2.24, 2.45) is 22.7 Å². The lowest BCUT2D eigenvalue weighted by atomic mass is 10.1. The highest BCUT2D eigenvalue weighted by Gasteiger charge is 2.34. The van der Waals surface area contributed by atoms with Crippen molar-refractivity contribution < 1.29 is 5.21 Å². The van der Waals surface area contributed by atoms with Crippen LogP contribution in [0.3, 0.4) is 0 Å². The lowest BCUT2D eigenvalue weighted by Crippen LogP contribution is -2.37. The Morgan fingerprint density at radius 1 is 1.47 bits per heavy atom. The van der Waals surface area contributed by atoms with Crippen molar-refractivity contribution in [2.75, 3.05) is 13.1 Å². The Labute approximate surface area is 91.1 Å². The van der Waals surface area contributed by atoms with Gasteiger partial charge < -0.3 is 10.9 Å². The van der Waals surface area contributed by atoms with Crippen LogP contribution < -0.4 is 5.73 Å². The normalized spacial score (nSPS) is 24.5. The molecule has 2 fully saturated rings. The van der Waals surface area contributed by atoms with E-state index in [4.69, 9.17) is 10.9 Å². The Kier molecular flexibility index (Phi) is 3.14. The third-order valence-electron chi connectivity index (χ3n) is 3.38. The Morgan fingerprint density at radius 2 is 2.13 bits per heavy atom. The van der Waals surface area contributed by atoms with Gasteiger partial charge in [0, 0.05) is 25.0 Å². The Balaban J connectivity index is 1.81. The minimum atomic E-state index is 0.161. The van der Waals surface area contributed by atoms with Gasteiger partial charge >= 0.3 is 0 Å². The van der Waals surface area contributed by atoms with Crippen LogP contribution in [-0.4, -0.2) is 35.1 Å². The largest absolute Gasteiger partial charge is 0.409 e. The molecule has 2 aliphatic rings. The second-order valence-electron chi connectivity index (χ2n) is 5.05. The molecule has 0 aromatic rings. The Morgan fingerprint density at radius 3 is 2.60 bits per heavy atom. The van der Waals surface area contributed by atoms with Crippen molar-refractivity contribution >= 4 is 5.84 Å². The van der Waals surface area contributed by atoms with Crippen molar-refractivity contribution in [1.29, 1.82) is 0 Å². The summed E-state index contributed by atoms with van der Waals surface area (Å²) >= 11 is 0. The third-order valence-corrected chi connectivity index (χ3v) is 3.38. The molecule has 4 heteroatoms. The molecule has 0 amide bonds. The highest BCUT2D eigenvalue weighted by molar-refractivity contribution is 5.82. The highest BCUT2D eigenvalue weighted by Crippen LogP contribution is 2.35. The Hall–Kier alpha value is -0.770. The molecule has 1 atom stereocenters. The van der Waals surface area contributed by atoms with Crippen LogP contribution in [0.15, 0.2) is 5.16 Å². The van der Waals surface area contributed by atoms with Crippen LogP contribution in [0.5, 0.6) is 0 Å². The topological polar surface area (TPSA) is 61.8 Å². The number of hydrogen-bond donors (Lipinski definition) is 2. The van der Waals surface area contributed by atoms with E-state index in [2.05, 4.69) is 10.1 Å². The average Bonchev–Trinajstić information content (AvgIpc) is 3.05. The fourth-order valence-corrected chi connectivity index (χ4v) is 1.99. The standard InChI is InChI=1S/C11H21N3O/c1-8(11(12)13-15)6-14(10-4-5-10)7-9-2-3-9/h8-10,15H,2-7H2,1H3,(H2,12,13). The van der Waals surface area contributed by atoms with Gasteiger partial charge in [0.25, 0.3) is 0 Å². The van der Waals surface area contributed by atoms with Crippen molar-refractivity contribution in [2.45, 2.75) is 38.6 Å². The number of hydrogen-bond acceptors (Lipinski definition) is 3. The SMILES string of the molecule is CC(CN(CC1CC1)C1CC1)C(N)=NO. The van der Waals surface area contributed by atoms with E-state index in [1.54, 1.807) is 0 Å². The van der Waals surface area contributed by atoms with Gasteiger partial charge in [-0.05, 0) is 31.6 Å². The van der Waals surface area contributed by atoms with E-state index in [1.807, 2.05) is 6.92 Å². The molecule has 86 valence electrons. The molecule has 2 saturated carbocycles. The van der Waals surface area contributed by atoms with Crippen LogP contribution in [0.2, 0.25) is 0 Å². The molecule has 0 saturated heterocycles. The van der Waals surface area contributed by atoms with Gasteiger partial charge in [0.15, 0.2) is 0 Å². The van der Waals surface area contributed by atoms with E-state index in [-0.39, 0.29) is 5.92 Å². The van der Waals surface area contributed by atoms with E-state index in [0.29, 0.717) is 5.84 Å². The molecule has 0 aromatic heterocycles. The first-order chi connectivity index (χ1) is 7.20. The molecule has 15 heavy (non-hydrogen) atoms. The zero-order valence-electron chi connectivity index (χ0n) is 9.39. The van der Waals surface area contributed by atoms with Gasteiger partial charge in [-0.15, -0.1) is 0 Å². The first-order valence-corrected chi connectivity index (χ1v) is 5.92. The summed E-state index contributed by atoms with van der Waals surface area (Å²) in [5.41, 5.74) is 5.61. The maximum atomic E-state index is 8.61. The monoisotopic (exact) mass is 211 g/mol. The average molecular weight is 211 g/mol. The number of rotatable bonds is 6. The van der Waals surface area contributed by atoms with Crippen LogP contribution in [0.4, 0.5) is 0 Å². The van der Waals surface area contributed by atoms with Gasteiger partial charge in [-0.2, -0.15) is 0 Å². The van der Waals surface area contributed by atoms with Crippen LogP contribution in [0.1, 0.15) is 32.6 Å². The molecule has 0 heterocycles. The number of nitrogens with two attached hydrogens (primary N) is 1. The summed E-state index contributed by atoms with van der Waals surface area (Å²) in [6.45, 7) is 4.18. The predicted molar refractivity (Wildman–Crippen MR) is 59.9 cm³/mol. The molecule has 0 aliphatic heterocycles. The fraction of sp³-hybridized carbons (Fsp3) is 0.909. The summed E-state index contributed by atoms with van der Waals surface area (Å²) < 4.78 is 0. The van der Waals surface area contributed by atoms with Gasteiger partial charge in [-0.25, -0.2) is 0 Å². The van der Waals surface area contributed by atoms with Gasteiger partial charge in [-0.1, -0.05) is 12.1 Å². The number of amidine groups is 1.